The van der Waals surface area contributed by atoms with Gasteiger partial charge in [0.05, 0.1) is 0 Å². The molecular weight excluding hydrogens is 370 g/mol. The maximum Gasteiger partial charge on any atom is 4.00 e. The monoisotopic (exact) mass is 374 g/mol. The molecule has 0 bridgehead atoms. The molecule has 0 amide bonds. The van der Waals surface area contributed by atoms with Crippen LogP contribution in [-0.2, 0) is 9.13 Å². The van der Waals surface area contributed by atoms with E-state index >= 15 is 0 Å². The Hall–Kier alpha value is 0.897. The fourth-order valence-corrected chi connectivity index (χ4v) is 1.85. The Morgan fingerprint density at radius 3 is 1.07 bits per heavy atom. The molecule has 0 atom stereocenters. The van der Waals surface area contributed by atoms with Crippen LogP contribution >= 0.6 is 15.2 Å². The van der Waals surface area contributed by atoms with Crippen molar-refractivity contribution in [3.05, 3.63) is 24.3 Å². The molecule has 0 saturated heterocycles. The van der Waals surface area contributed by atoms with Crippen LogP contribution in [0.15, 0.2) is 24.3 Å². The van der Waals surface area contributed by atoms with Crippen molar-refractivity contribution in [1.29, 1.82) is 0 Å². The summed E-state index contributed by atoms with van der Waals surface area (Å²) in [4.78, 5) is 41.8. The summed E-state index contributed by atoms with van der Waals surface area (Å²) in [6.45, 7) is 0. The molecule has 15 heavy (non-hydrogen) atoms. The van der Waals surface area contributed by atoms with Crippen LogP contribution in [0.25, 0.3) is 0 Å². The SMILES string of the molecule is O=P([O-])([O-])c1ccc(P(=O)([O-])[O-])cc1.[Ce+4]. The van der Waals surface area contributed by atoms with Crippen molar-refractivity contribution in [3.63, 3.8) is 0 Å². The zero-order chi connectivity index (χ0) is 11.0. The first-order valence-corrected chi connectivity index (χ1v) is 6.45. The van der Waals surface area contributed by atoms with Crippen molar-refractivity contribution < 1.29 is 70.5 Å². The Labute approximate surface area is 119 Å². The predicted octanol–water partition coefficient (Wildman–Crippen LogP) is -3.24. The summed E-state index contributed by atoms with van der Waals surface area (Å²) >= 11 is 0. The fourth-order valence-electron chi connectivity index (χ4n) is 0.818. The van der Waals surface area contributed by atoms with Crippen LogP contribution in [0, 0.1) is 41.7 Å². The molecule has 0 unspecified atom stereocenters. The summed E-state index contributed by atoms with van der Waals surface area (Å²) in [5.41, 5.74) is 0. The normalized spacial score (nSPS) is 12.0. The van der Waals surface area contributed by atoms with Gasteiger partial charge in [-0.3, -0.25) is 0 Å². The van der Waals surface area contributed by atoms with E-state index in [4.69, 9.17) is 0 Å². The number of benzene rings is 1. The number of rotatable bonds is 2. The van der Waals surface area contributed by atoms with Crippen molar-refractivity contribution in [1.82, 2.24) is 0 Å². The summed E-state index contributed by atoms with van der Waals surface area (Å²) in [6, 6.07) is 3.16. The first kappa shape index (κ1) is 15.9. The Morgan fingerprint density at radius 2 is 0.933 bits per heavy atom. The van der Waals surface area contributed by atoms with Gasteiger partial charge in [-0.1, -0.05) is 24.3 Å². The van der Waals surface area contributed by atoms with E-state index in [2.05, 4.69) is 0 Å². The van der Waals surface area contributed by atoms with E-state index in [1.165, 1.54) is 0 Å². The molecule has 6 nitrogen and oxygen atoms in total. The third-order valence-corrected chi connectivity index (χ3v) is 3.34. The van der Waals surface area contributed by atoms with Gasteiger partial charge in [0, 0.05) is 0 Å². The van der Waals surface area contributed by atoms with Gasteiger partial charge in [-0.2, -0.15) is 0 Å². The maximum absolute atomic E-state index is 10.4. The van der Waals surface area contributed by atoms with Gasteiger partial charge in [-0.25, -0.2) is 0 Å². The maximum atomic E-state index is 10.4. The van der Waals surface area contributed by atoms with Gasteiger partial charge >= 0.3 is 41.7 Å². The van der Waals surface area contributed by atoms with Gasteiger partial charge in [0.2, 0.25) is 0 Å². The molecule has 0 radical (unpaired) electrons. The summed E-state index contributed by atoms with van der Waals surface area (Å²) in [7, 11) is -9.77. The average molecular weight is 374 g/mol. The molecule has 0 saturated carbocycles. The Bertz CT molecular complexity index is 377. The van der Waals surface area contributed by atoms with Gasteiger partial charge < -0.3 is 28.7 Å². The molecule has 0 N–H and O–H groups in total. The van der Waals surface area contributed by atoms with Crippen molar-refractivity contribution >= 4 is 25.8 Å². The van der Waals surface area contributed by atoms with Crippen molar-refractivity contribution in [3.8, 4) is 0 Å². The van der Waals surface area contributed by atoms with Crippen LogP contribution < -0.4 is 30.2 Å². The second-order valence-corrected chi connectivity index (χ2v) is 5.53. The van der Waals surface area contributed by atoms with Crippen LogP contribution in [0.5, 0.6) is 0 Å². The van der Waals surface area contributed by atoms with Gasteiger partial charge in [-0.05, 0) is 25.8 Å². The first-order valence-electron chi connectivity index (χ1n) is 3.36. The van der Waals surface area contributed by atoms with Crippen LogP contribution in [-0.4, -0.2) is 0 Å². The molecule has 0 aliphatic heterocycles. The molecule has 1 aromatic rings. The van der Waals surface area contributed by atoms with Crippen LogP contribution in [0.3, 0.4) is 0 Å². The zero-order valence-electron chi connectivity index (χ0n) is 7.15. The molecular formula is C6H4CeO6P2. The van der Waals surface area contributed by atoms with E-state index in [9.17, 15) is 28.7 Å². The van der Waals surface area contributed by atoms with Gasteiger partial charge in [0.1, 0.15) is 0 Å². The van der Waals surface area contributed by atoms with Crippen LogP contribution in [0.2, 0.25) is 0 Å². The third-order valence-electron chi connectivity index (χ3n) is 1.48. The summed E-state index contributed by atoms with van der Waals surface area (Å²) in [5.74, 6) is 0. The zero-order valence-corrected chi connectivity index (χ0v) is 12.1. The van der Waals surface area contributed by atoms with Crippen molar-refractivity contribution in [2.24, 2.45) is 0 Å². The minimum Gasteiger partial charge on any atom is -0.807 e. The van der Waals surface area contributed by atoms with Crippen molar-refractivity contribution in [2.75, 3.05) is 0 Å². The number of hydrogen-bond acceptors (Lipinski definition) is 6. The molecule has 1 aromatic carbocycles. The third kappa shape index (κ3) is 4.73. The second-order valence-electron chi connectivity index (χ2n) is 2.51. The van der Waals surface area contributed by atoms with E-state index in [1.807, 2.05) is 0 Å². The number of hydrogen-bond donors (Lipinski definition) is 0. The van der Waals surface area contributed by atoms with Gasteiger partial charge in [-0.15, -0.1) is 0 Å². The standard InChI is InChI=1S/C6H8O6P2.Ce/c7-13(8,9)5-1-2-6(4-3-5)14(10,11)12;/h1-4H,(H2,7,8,9)(H2,10,11,12);/q;+4/p-4. The Morgan fingerprint density at radius 1 is 0.733 bits per heavy atom. The molecule has 0 fully saturated rings. The quantitative estimate of drug-likeness (QED) is 0.501. The van der Waals surface area contributed by atoms with E-state index in [0.29, 0.717) is 0 Å². The average Bonchev–Trinajstić information content (AvgIpc) is 2.01. The van der Waals surface area contributed by atoms with Gasteiger partial charge in [0.15, 0.2) is 0 Å². The molecule has 0 aromatic heterocycles. The smallest absolute Gasteiger partial charge is 0.807 e. The van der Waals surface area contributed by atoms with Crippen LogP contribution in [0.4, 0.5) is 0 Å². The summed E-state index contributed by atoms with van der Waals surface area (Å²) in [6.07, 6.45) is 0. The fraction of sp³-hybridized carbons (Fsp3) is 0. The molecule has 0 aliphatic rings. The van der Waals surface area contributed by atoms with Gasteiger partial charge in [0.25, 0.3) is 0 Å². The molecule has 78 valence electrons. The van der Waals surface area contributed by atoms with E-state index in [-0.39, 0.29) is 41.7 Å². The molecule has 0 heterocycles. The summed E-state index contributed by atoms with van der Waals surface area (Å²) in [5, 5.41) is -1.09. The first-order chi connectivity index (χ1) is 6.21. The predicted molar refractivity (Wildman–Crippen MR) is 40.9 cm³/mol. The Balaban J connectivity index is 0.00000196. The van der Waals surface area contributed by atoms with E-state index in [1.54, 1.807) is 0 Å². The second kappa shape index (κ2) is 5.49. The molecule has 0 aliphatic carbocycles. The minimum atomic E-state index is -4.88. The van der Waals surface area contributed by atoms with Crippen molar-refractivity contribution in [2.45, 2.75) is 0 Å². The largest absolute Gasteiger partial charge is 4.00 e. The summed E-state index contributed by atoms with van der Waals surface area (Å²) < 4.78 is 20.9. The molecule has 9 heteroatoms. The molecule has 0 spiro atoms. The Kier molecular flexibility index (Phi) is 5.82. The van der Waals surface area contributed by atoms with Crippen LogP contribution in [0.1, 0.15) is 0 Å². The van der Waals surface area contributed by atoms with E-state index < -0.39 is 25.8 Å². The topological polar surface area (TPSA) is 126 Å². The van der Waals surface area contributed by atoms with E-state index in [0.717, 1.165) is 24.3 Å². The molecule has 1 rings (SSSR count). The minimum absolute atomic E-state index is 0.